The van der Waals surface area contributed by atoms with Crippen LogP contribution in [0.15, 0.2) is 24.4 Å². The van der Waals surface area contributed by atoms with Crippen molar-refractivity contribution in [2.45, 2.75) is 25.9 Å². The van der Waals surface area contributed by atoms with Crippen LogP contribution in [0.3, 0.4) is 0 Å². The van der Waals surface area contributed by atoms with E-state index in [-0.39, 0.29) is 34.1 Å². The minimum absolute atomic E-state index is 0.0478. The van der Waals surface area contributed by atoms with Gasteiger partial charge in [0.1, 0.15) is 11.9 Å². The lowest BCUT2D eigenvalue weighted by Gasteiger charge is -2.18. The predicted molar refractivity (Wildman–Crippen MR) is 120 cm³/mol. The number of amides is 1. The quantitative estimate of drug-likeness (QED) is 0.501. The van der Waals surface area contributed by atoms with Crippen LogP contribution in [0, 0.1) is 17.7 Å². The van der Waals surface area contributed by atoms with Gasteiger partial charge in [-0.3, -0.25) is 9.69 Å². The van der Waals surface area contributed by atoms with Crippen molar-refractivity contribution in [2.24, 2.45) is 0 Å². The van der Waals surface area contributed by atoms with E-state index in [0.717, 1.165) is 25.9 Å². The number of nitrogen functional groups attached to an aromatic ring is 1. The number of benzene rings is 1. The molecule has 0 spiro atoms. The molecule has 1 fully saturated rings. The third-order valence-electron chi connectivity index (χ3n) is 4.84. The van der Waals surface area contributed by atoms with Crippen molar-refractivity contribution >= 4 is 34.9 Å². The molecule has 9 heteroatoms. The maximum Gasteiger partial charge on any atom is 0.234 e. The molecule has 1 atom stereocenters. The summed E-state index contributed by atoms with van der Waals surface area (Å²) < 4.78 is 19.7. The zero-order chi connectivity index (χ0) is 22.4. The Labute approximate surface area is 190 Å². The van der Waals surface area contributed by atoms with Gasteiger partial charge in [-0.2, -0.15) is 0 Å². The van der Waals surface area contributed by atoms with Crippen LogP contribution in [0.4, 0.5) is 10.2 Å². The first kappa shape index (κ1) is 23.1. The van der Waals surface area contributed by atoms with E-state index in [1.165, 1.54) is 18.3 Å². The molecule has 1 aliphatic rings. The number of pyridine rings is 1. The molecule has 0 bridgehead atoms. The molecular formula is C22H23Cl2FN4O2. The van der Waals surface area contributed by atoms with E-state index < -0.39 is 11.9 Å². The summed E-state index contributed by atoms with van der Waals surface area (Å²) in [7, 11) is 0. The van der Waals surface area contributed by atoms with Gasteiger partial charge in [0.2, 0.25) is 5.91 Å². The fraction of sp³-hybridized carbons (Fsp3) is 0.364. The van der Waals surface area contributed by atoms with Crippen molar-refractivity contribution in [1.29, 1.82) is 0 Å². The zero-order valence-corrected chi connectivity index (χ0v) is 18.6. The summed E-state index contributed by atoms with van der Waals surface area (Å²) in [5.41, 5.74) is 6.78. The molecule has 0 aliphatic carbocycles. The van der Waals surface area contributed by atoms with Gasteiger partial charge in [0.25, 0.3) is 0 Å². The van der Waals surface area contributed by atoms with Crippen molar-refractivity contribution in [2.75, 3.05) is 31.9 Å². The van der Waals surface area contributed by atoms with Gasteiger partial charge < -0.3 is 15.8 Å². The van der Waals surface area contributed by atoms with Crippen LogP contribution in [0.1, 0.15) is 37.0 Å². The standard InChI is InChI=1S/C22H23Cl2FN4O2/c1-14(20-16(23)6-7-17(25)21(20)24)31-18-11-15(12-28-22(18)26)5-4-8-27-19(30)13-29-9-2-3-10-29/h6-7,11-12,14H,2-3,8-10,13H2,1H3,(H2,26,28)(H,27,30). The fourth-order valence-electron chi connectivity index (χ4n) is 3.27. The third kappa shape index (κ3) is 6.23. The number of halogens is 3. The number of ether oxygens (including phenoxy) is 1. The monoisotopic (exact) mass is 464 g/mol. The highest BCUT2D eigenvalue weighted by atomic mass is 35.5. The number of nitrogens with two attached hydrogens (primary N) is 1. The van der Waals surface area contributed by atoms with Gasteiger partial charge in [0, 0.05) is 28.4 Å². The van der Waals surface area contributed by atoms with Crippen LogP contribution in [0.25, 0.3) is 0 Å². The van der Waals surface area contributed by atoms with Crippen molar-refractivity contribution in [3.8, 4) is 17.6 Å². The average Bonchev–Trinajstić information content (AvgIpc) is 3.23. The first-order valence-corrected chi connectivity index (χ1v) is 10.6. The van der Waals surface area contributed by atoms with E-state index in [9.17, 15) is 9.18 Å². The molecule has 2 heterocycles. The lowest BCUT2D eigenvalue weighted by Crippen LogP contribution is -2.35. The highest BCUT2D eigenvalue weighted by molar-refractivity contribution is 6.36. The van der Waals surface area contributed by atoms with E-state index in [4.69, 9.17) is 33.7 Å². The molecule has 0 radical (unpaired) electrons. The summed E-state index contributed by atoms with van der Waals surface area (Å²) in [4.78, 5) is 18.1. The van der Waals surface area contributed by atoms with Gasteiger partial charge in [-0.25, -0.2) is 9.37 Å². The molecule has 0 saturated carbocycles. The number of hydrogen-bond acceptors (Lipinski definition) is 5. The molecule has 6 nitrogen and oxygen atoms in total. The van der Waals surface area contributed by atoms with E-state index in [0.29, 0.717) is 17.7 Å². The molecule has 1 aromatic carbocycles. The summed E-state index contributed by atoms with van der Waals surface area (Å²) in [5, 5.41) is 2.96. The zero-order valence-electron chi connectivity index (χ0n) is 17.1. The number of anilines is 1. The highest BCUT2D eigenvalue weighted by Gasteiger charge is 2.20. The number of nitrogens with zero attached hydrogens (tertiary/aromatic N) is 2. The number of aromatic nitrogens is 1. The second kappa shape index (κ2) is 10.7. The van der Waals surface area contributed by atoms with Crippen molar-refractivity contribution in [1.82, 2.24) is 15.2 Å². The maximum absolute atomic E-state index is 13.8. The lowest BCUT2D eigenvalue weighted by atomic mass is 10.1. The van der Waals surface area contributed by atoms with Crippen molar-refractivity contribution in [3.63, 3.8) is 0 Å². The Kier molecular flexibility index (Phi) is 7.97. The number of carbonyl (C=O) groups is 1. The number of hydrogen-bond donors (Lipinski definition) is 2. The summed E-state index contributed by atoms with van der Waals surface area (Å²) in [6.07, 6.45) is 3.11. The molecule has 2 aromatic rings. The Balaban J connectivity index is 1.62. The van der Waals surface area contributed by atoms with Crippen LogP contribution < -0.4 is 15.8 Å². The Hall–Kier alpha value is -2.53. The summed E-state index contributed by atoms with van der Waals surface area (Å²) >= 11 is 12.2. The smallest absolute Gasteiger partial charge is 0.234 e. The van der Waals surface area contributed by atoms with Gasteiger partial charge in [0.05, 0.1) is 18.1 Å². The molecule has 3 N–H and O–H groups in total. The van der Waals surface area contributed by atoms with Gasteiger partial charge in [-0.1, -0.05) is 35.0 Å². The van der Waals surface area contributed by atoms with Gasteiger partial charge >= 0.3 is 0 Å². The third-order valence-corrected chi connectivity index (χ3v) is 5.56. The minimum Gasteiger partial charge on any atom is -0.482 e. The molecule has 1 unspecified atom stereocenters. The number of likely N-dealkylation sites (tertiary alicyclic amines) is 1. The minimum atomic E-state index is -0.673. The molecule has 1 amide bonds. The molecule has 31 heavy (non-hydrogen) atoms. The van der Waals surface area contributed by atoms with Crippen LogP contribution in [0.5, 0.6) is 5.75 Å². The number of carbonyl (C=O) groups excluding carboxylic acids is 1. The van der Waals surface area contributed by atoms with E-state index >= 15 is 0 Å². The predicted octanol–water partition coefficient (Wildman–Crippen LogP) is 3.81. The lowest BCUT2D eigenvalue weighted by molar-refractivity contribution is -0.121. The molecule has 1 aromatic heterocycles. The van der Waals surface area contributed by atoms with Crippen molar-refractivity contribution < 1.29 is 13.9 Å². The second-order valence-electron chi connectivity index (χ2n) is 7.19. The largest absolute Gasteiger partial charge is 0.482 e. The fourth-order valence-corrected chi connectivity index (χ4v) is 3.95. The van der Waals surface area contributed by atoms with E-state index in [1.54, 1.807) is 13.0 Å². The van der Waals surface area contributed by atoms with Crippen molar-refractivity contribution in [3.05, 3.63) is 51.4 Å². The average molecular weight is 465 g/mol. The Bertz CT molecular complexity index is 1020. The van der Waals surface area contributed by atoms with Gasteiger partial charge in [-0.05, 0) is 45.0 Å². The first-order chi connectivity index (χ1) is 14.8. The molecule has 3 rings (SSSR count). The normalized spacial score (nSPS) is 14.6. The second-order valence-corrected chi connectivity index (χ2v) is 7.97. The van der Waals surface area contributed by atoms with Crippen LogP contribution in [0.2, 0.25) is 10.0 Å². The summed E-state index contributed by atoms with van der Waals surface area (Å²) in [6, 6.07) is 4.23. The Morgan fingerprint density at radius 2 is 2.13 bits per heavy atom. The SMILES string of the molecule is CC(Oc1cc(C#CCNC(=O)CN2CCCC2)cnc1N)c1c(Cl)ccc(F)c1Cl. The summed E-state index contributed by atoms with van der Waals surface area (Å²) in [6.45, 7) is 4.22. The summed E-state index contributed by atoms with van der Waals surface area (Å²) in [5.74, 6) is 5.59. The van der Waals surface area contributed by atoms with Gasteiger partial charge in [-0.15, -0.1) is 0 Å². The Morgan fingerprint density at radius 1 is 1.39 bits per heavy atom. The van der Waals surface area contributed by atoms with E-state index in [2.05, 4.69) is 27.0 Å². The highest BCUT2D eigenvalue weighted by Crippen LogP contribution is 2.35. The number of rotatable bonds is 6. The molecule has 1 aliphatic heterocycles. The van der Waals surface area contributed by atoms with Crippen LogP contribution in [-0.4, -0.2) is 42.0 Å². The van der Waals surface area contributed by atoms with Crippen LogP contribution >= 0.6 is 23.2 Å². The first-order valence-electron chi connectivity index (χ1n) is 9.88. The molecular weight excluding hydrogens is 442 g/mol. The maximum atomic E-state index is 13.8. The van der Waals surface area contributed by atoms with Gasteiger partial charge in [0.15, 0.2) is 11.6 Å². The van der Waals surface area contributed by atoms with Crippen LogP contribution in [-0.2, 0) is 4.79 Å². The molecule has 1 saturated heterocycles. The topological polar surface area (TPSA) is 80.5 Å². The number of nitrogens with one attached hydrogen (secondary N) is 1. The van der Waals surface area contributed by atoms with E-state index in [1.807, 2.05) is 0 Å². The molecule has 164 valence electrons. The Morgan fingerprint density at radius 3 is 2.87 bits per heavy atom.